The number of esters is 3. The van der Waals surface area contributed by atoms with Gasteiger partial charge >= 0.3 is 23.9 Å². The van der Waals surface area contributed by atoms with E-state index in [1.54, 1.807) is 12.2 Å². The number of carboxylic acid groups (broad SMARTS) is 1. The van der Waals surface area contributed by atoms with E-state index in [4.69, 9.17) is 52.5 Å². The third-order valence-electron chi connectivity index (χ3n) is 17.3. The van der Waals surface area contributed by atoms with Gasteiger partial charge in [0.1, 0.15) is 99.5 Å². The summed E-state index contributed by atoms with van der Waals surface area (Å²) < 4.78 is 59.8. The first kappa shape index (κ1) is 64.6. The number of fused-ring (bicyclic) bond motifs is 1. The number of hydrogen-bond acceptors (Lipinski definition) is 27. The molecule has 4 saturated heterocycles. The summed E-state index contributed by atoms with van der Waals surface area (Å²) in [4.78, 5) is 49.0. The first-order chi connectivity index (χ1) is 39.0. The number of aliphatic hydroxyl groups is 13. The Morgan fingerprint density at radius 1 is 0.439 bits per heavy atom. The number of allylic oxidation sites excluding steroid dienone is 2. The first-order valence-corrected chi connectivity index (χ1v) is 28.5. The maximum absolute atomic E-state index is 13.1. The number of carbonyl (C=O) groups excluding carboxylic acids is 3. The van der Waals surface area contributed by atoms with Crippen molar-refractivity contribution in [2.75, 3.05) is 19.8 Å². The van der Waals surface area contributed by atoms with Crippen molar-refractivity contribution in [3.8, 4) is 0 Å². The minimum Gasteiger partial charge on any atom is -0.481 e. The van der Waals surface area contributed by atoms with Crippen LogP contribution in [-0.2, 0) is 66.5 Å². The number of carboxylic acids is 1. The summed E-state index contributed by atoms with van der Waals surface area (Å²) in [5.41, 5.74) is 0. The van der Waals surface area contributed by atoms with Gasteiger partial charge in [0.05, 0.1) is 54.9 Å². The maximum atomic E-state index is 13.1. The van der Waals surface area contributed by atoms with Crippen LogP contribution in [0.5, 0.6) is 0 Å². The highest BCUT2D eigenvalue weighted by Crippen LogP contribution is 2.45. The van der Waals surface area contributed by atoms with Crippen LogP contribution in [0.3, 0.4) is 0 Å². The lowest BCUT2D eigenvalue weighted by Crippen LogP contribution is -2.66. The molecule has 0 aromatic rings. The van der Waals surface area contributed by atoms with Crippen LogP contribution in [0, 0.1) is 23.7 Å². The molecule has 4 aliphatic carbocycles. The van der Waals surface area contributed by atoms with E-state index in [9.17, 15) is 85.6 Å². The highest BCUT2D eigenvalue weighted by molar-refractivity contribution is 5.90. The quantitative estimate of drug-likeness (QED) is 0.0253. The number of aliphatic carboxylic acids is 1. The Kier molecular flexibility index (Phi) is 23.1. The molecule has 4 saturated carbocycles. The van der Waals surface area contributed by atoms with Gasteiger partial charge in [-0.15, -0.1) is 0 Å². The van der Waals surface area contributed by atoms with Gasteiger partial charge in [-0.3, -0.25) is 9.59 Å². The van der Waals surface area contributed by atoms with Gasteiger partial charge in [-0.1, -0.05) is 12.2 Å². The minimum atomic E-state index is -2.06. The summed E-state index contributed by atoms with van der Waals surface area (Å²) >= 11 is 0. The average molecular weight is 1180 g/mol. The summed E-state index contributed by atoms with van der Waals surface area (Å²) in [6, 6.07) is 0. The van der Waals surface area contributed by atoms with Crippen LogP contribution in [0.1, 0.15) is 96.3 Å². The largest absolute Gasteiger partial charge is 0.481 e. The van der Waals surface area contributed by atoms with E-state index < -0.39 is 209 Å². The standard InChI is InChI=1S/C54H82O28/c55-26-8-1-23(2-9-26)5-13-39(62)73-20-35-42(65)46(69)49(72)53(80-35)82-51-47(70)44(67)37(21-74-40(63)14-6-24-3-10-27(56)11-4-24)81-54(51)78-34-18-29-32(76-50(34)25-7-12-30(58)31(59)15-25)16-28(57)17-33(29)77-52-48(71)45(68)43(66)36(79-52)22-75-41(64)19-38(60)61/h5-6,13-14,23-37,42-59,65-72H,1-4,7-12,15-22H2,(H,60,61). The van der Waals surface area contributed by atoms with E-state index >= 15 is 0 Å². The highest BCUT2D eigenvalue weighted by Gasteiger charge is 2.56. The zero-order valence-electron chi connectivity index (χ0n) is 45.2. The summed E-state index contributed by atoms with van der Waals surface area (Å²) in [6.07, 6.45) is -26.5. The van der Waals surface area contributed by atoms with Crippen LogP contribution in [0.4, 0.5) is 0 Å². The number of ether oxygens (including phenoxy) is 10. The highest BCUT2D eigenvalue weighted by atomic mass is 16.8. The monoisotopic (exact) mass is 1180 g/mol. The van der Waals surface area contributed by atoms with E-state index in [1.807, 2.05) is 0 Å². The molecule has 0 spiro atoms. The van der Waals surface area contributed by atoms with Gasteiger partial charge in [-0.2, -0.15) is 0 Å². The van der Waals surface area contributed by atoms with Crippen molar-refractivity contribution in [3.63, 3.8) is 0 Å². The number of carbonyl (C=O) groups is 4. The molecule has 28 heteroatoms. The molecule has 24 unspecified atom stereocenters. The van der Waals surface area contributed by atoms with Crippen molar-refractivity contribution >= 4 is 23.9 Å². The van der Waals surface area contributed by atoms with Crippen LogP contribution in [0.15, 0.2) is 24.3 Å². The Labute approximate surface area is 472 Å². The van der Waals surface area contributed by atoms with Crippen molar-refractivity contribution < 1.29 is 138 Å². The molecule has 8 fully saturated rings. The summed E-state index contributed by atoms with van der Waals surface area (Å²) in [5.74, 6) is -5.71. The van der Waals surface area contributed by atoms with Gasteiger partial charge in [0.25, 0.3) is 0 Å². The molecule has 8 aliphatic rings. The number of rotatable bonds is 19. The Morgan fingerprint density at radius 3 is 1.45 bits per heavy atom. The normalized spacial score (nSPS) is 45.7. The molecule has 0 bridgehead atoms. The van der Waals surface area contributed by atoms with Gasteiger partial charge in [-0.05, 0) is 101 Å². The summed E-state index contributed by atoms with van der Waals surface area (Å²) in [6.45, 7) is -2.09. The number of hydrogen-bond donors (Lipinski definition) is 14. The summed E-state index contributed by atoms with van der Waals surface area (Å²) in [7, 11) is 0. The van der Waals surface area contributed by atoms with E-state index in [0.717, 1.165) is 0 Å². The fourth-order valence-electron chi connectivity index (χ4n) is 12.5. The topological polar surface area (TPSA) is 444 Å². The zero-order chi connectivity index (χ0) is 59.1. The molecule has 4 heterocycles. The lowest BCUT2D eigenvalue weighted by Gasteiger charge is -2.53. The third-order valence-corrected chi connectivity index (χ3v) is 17.3. The number of aliphatic hydroxyl groups excluding tert-OH is 13. The van der Waals surface area contributed by atoms with Crippen molar-refractivity contribution in [2.45, 2.75) is 243 Å². The van der Waals surface area contributed by atoms with E-state index in [2.05, 4.69) is 0 Å². The smallest absolute Gasteiger partial charge is 0.330 e. The van der Waals surface area contributed by atoms with Gasteiger partial charge in [-0.25, -0.2) is 9.59 Å². The lowest BCUT2D eigenvalue weighted by molar-refractivity contribution is -0.380. The van der Waals surface area contributed by atoms with Crippen molar-refractivity contribution in [2.24, 2.45) is 23.7 Å². The Balaban J connectivity index is 1.04. The van der Waals surface area contributed by atoms with Gasteiger partial charge in [0.15, 0.2) is 18.9 Å². The Hall–Kier alpha value is -3.44. The second kappa shape index (κ2) is 29.3. The third kappa shape index (κ3) is 16.5. The van der Waals surface area contributed by atoms with Crippen LogP contribution in [0.2, 0.25) is 0 Å². The lowest BCUT2D eigenvalue weighted by atomic mass is 9.72. The molecule has 24 atom stereocenters. The van der Waals surface area contributed by atoms with Gasteiger partial charge < -0.3 is 119 Å². The Bertz CT molecular complexity index is 2140. The van der Waals surface area contributed by atoms with Crippen molar-refractivity contribution in [3.05, 3.63) is 24.3 Å². The average Bonchev–Trinajstić information content (AvgIpc) is 2.58. The van der Waals surface area contributed by atoms with Crippen LogP contribution in [-0.4, -0.2) is 262 Å². The molecule has 28 nitrogen and oxygen atoms in total. The van der Waals surface area contributed by atoms with E-state index in [0.29, 0.717) is 51.4 Å². The van der Waals surface area contributed by atoms with E-state index in [1.165, 1.54) is 12.2 Å². The molecule has 8 rings (SSSR count). The van der Waals surface area contributed by atoms with Crippen molar-refractivity contribution in [1.29, 1.82) is 0 Å². The van der Waals surface area contributed by atoms with Gasteiger partial charge in [0, 0.05) is 24.5 Å². The summed E-state index contributed by atoms with van der Waals surface area (Å²) in [5, 5.41) is 151. The van der Waals surface area contributed by atoms with Crippen LogP contribution < -0.4 is 0 Å². The molecule has 82 heavy (non-hydrogen) atoms. The fraction of sp³-hybridized carbons (Fsp3) is 0.852. The van der Waals surface area contributed by atoms with Crippen LogP contribution in [0.25, 0.3) is 0 Å². The molecule has 14 N–H and O–H groups in total. The van der Waals surface area contributed by atoms with Crippen LogP contribution >= 0.6 is 0 Å². The molecule has 466 valence electrons. The zero-order valence-corrected chi connectivity index (χ0v) is 45.2. The molecule has 0 aromatic heterocycles. The molecule has 0 radical (unpaired) electrons. The predicted octanol–water partition coefficient (Wildman–Crippen LogP) is -4.03. The van der Waals surface area contributed by atoms with E-state index in [-0.39, 0.29) is 50.4 Å². The van der Waals surface area contributed by atoms with Gasteiger partial charge in [0.2, 0.25) is 0 Å². The fourth-order valence-corrected chi connectivity index (χ4v) is 12.5. The first-order valence-electron chi connectivity index (χ1n) is 28.5. The Morgan fingerprint density at radius 2 is 0.927 bits per heavy atom. The SMILES string of the molecule is O=C(O)CC(=O)OCC1OC(OC2CC(O)CC3OC(C4CCC(O)C(O)C4)C(OC4OC(COC(=O)C=CC5CCC(O)CC5)C(O)C(O)C4OC4OC(COC(=O)C=CC5CCC(O)CC5)C(O)C(O)C4O)CC23)C(O)C(O)C1O. The maximum Gasteiger partial charge on any atom is 0.330 e. The molecule has 4 aliphatic heterocycles. The second-order valence-electron chi connectivity index (χ2n) is 23.2. The van der Waals surface area contributed by atoms with Crippen molar-refractivity contribution in [1.82, 2.24) is 0 Å². The second-order valence-corrected chi connectivity index (χ2v) is 23.2. The predicted molar refractivity (Wildman–Crippen MR) is 269 cm³/mol. The molecular formula is C54H82O28. The minimum absolute atomic E-state index is 0.00965. The molecule has 0 aromatic carbocycles. The molecular weight excluding hydrogens is 1100 g/mol. The molecule has 0 amide bonds.